The first-order valence-corrected chi connectivity index (χ1v) is 10.8. The van der Waals surface area contributed by atoms with Gasteiger partial charge in [-0.15, -0.1) is 0 Å². The molecule has 6 heteroatoms. The van der Waals surface area contributed by atoms with Gasteiger partial charge in [0.05, 0.1) is 18.1 Å². The molecule has 1 amide bonds. The third kappa shape index (κ3) is 7.61. The molecule has 0 aromatic heterocycles. The third-order valence-corrected chi connectivity index (χ3v) is 5.57. The first kappa shape index (κ1) is 23.1. The first-order valence-electron chi connectivity index (χ1n) is 10.8. The Balaban J connectivity index is 2.25. The number of rotatable bonds is 3. The van der Waals surface area contributed by atoms with Crippen LogP contribution in [-0.2, 0) is 9.63 Å². The quantitative estimate of drug-likeness (QED) is 0.339. The lowest BCUT2D eigenvalue weighted by Crippen LogP contribution is -2.34. The highest BCUT2D eigenvalue weighted by Gasteiger charge is 2.26. The topological polar surface area (TPSA) is 72.7 Å². The van der Waals surface area contributed by atoms with Crippen molar-refractivity contribution in [1.82, 2.24) is 5.06 Å². The highest BCUT2D eigenvalue weighted by molar-refractivity contribution is 5.75. The lowest BCUT2D eigenvalue weighted by molar-refractivity contribution is -0.384. The van der Waals surface area contributed by atoms with Crippen molar-refractivity contribution in [2.24, 2.45) is 0 Å². The highest BCUT2D eigenvalue weighted by atomic mass is 16.7. The van der Waals surface area contributed by atoms with Gasteiger partial charge in [-0.25, -0.2) is 5.06 Å². The van der Waals surface area contributed by atoms with Crippen molar-refractivity contribution in [3.63, 3.8) is 0 Å². The summed E-state index contributed by atoms with van der Waals surface area (Å²) in [5.41, 5.74) is 2.10. The fourth-order valence-corrected chi connectivity index (χ4v) is 3.89. The Bertz CT molecular complexity index is 685. The first-order chi connectivity index (χ1) is 14.0. The van der Waals surface area contributed by atoms with E-state index in [1.165, 1.54) is 68.4 Å². The molecule has 1 aromatic rings. The van der Waals surface area contributed by atoms with Gasteiger partial charge in [0.15, 0.2) is 0 Å². The summed E-state index contributed by atoms with van der Waals surface area (Å²) in [6.07, 6.45) is 13.8. The minimum Gasteiger partial charge on any atom is -0.274 e. The Labute approximate surface area is 174 Å². The molecule has 0 unspecified atom stereocenters. The molecule has 160 valence electrons. The summed E-state index contributed by atoms with van der Waals surface area (Å²) in [5.74, 6) is -0.0317. The van der Waals surface area contributed by atoms with E-state index in [1.807, 2.05) is 0 Å². The van der Waals surface area contributed by atoms with E-state index in [0.29, 0.717) is 12.8 Å². The number of non-ortho nitro benzene ring substituents is 1. The number of nitro benzene ring substituents is 1. The predicted molar refractivity (Wildman–Crippen MR) is 114 cm³/mol. The van der Waals surface area contributed by atoms with Crippen molar-refractivity contribution in [1.29, 1.82) is 0 Å². The smallest absolute Gasteiger partial charge is 0.269 e. The monoisotopic (exact) mass is 402 g/mol. The molecule has 1 atom stereocenters. The van der Waals surface area contributed by atoms with E-state index in [2.05, 4.69) is 13.0 Å². The lowest BCUT2D eigenvalue weighted by atomic mass is 9.97. The summed E-state index contributed by atoms with van der Waals surface area (Å²) in [6, 6.07) is 6.15. The van der Waals surface area contributed by atoms with E-state index in [4.69, 9.17) is 4.84 Å². The molecule has 1 aliphatic rings. The summed E-state index contributed by atoms with van der Waals surface area (Å²) in [6.45, 7) is 2.08. The number of hydroxylamine groups is 2. The summed E-state index contributed by atoms with van der Waals surface area (Å²) < 4.78 is 0. The van der Waals surface area contributed by atoms with Crippen LogP contribution in [-0.4, -0.2) is 23.0 Å². The van der Waals surface area contributed by atoms with E-state index in [1.54, 1.807) is 12.1 Å². The van der Waals surface area contributed by atoms with Gasteiger partial charge in [-0.2, -0.15) is 0 Å². The standard InChI is InChI=1S/C23H34N2O4/c1-19-12-10-8-6-4-3-5-7-9-11-13-23(26)24(29-2)22(18-19)20-14-16-21(17-15-20)25(27)28/h12,14-17,22H,3-11,13,18H2,1-2H3/b19-12-/t22-/m0/s1. The molecule has 0 radical (unpaired) electrons. The minimum absolute atomic E-state index is 0.0317. The maximum absolute atomic E-state index is 12.9. The Morgan fingerprint density at radius 2 is 1.59 bits per heavy atom. The van der Waals surface area contributed by atoms with Crippen LogP contribution in [0.4, 0.5) is 5.69 Å². The van der Waals surface area contributed by atoms with E-state index < -0.39 is 4.92 Å². The molecule has 0 saturated heterocycles. The van der Waals surface area contributed by atoms with Crippen molar-refractivity contribution < 1.29 is 14.6 Å². The zero-order chi connectivity index (χ0) is 21.1. The summed E-state index contributed by atoms with van der Waals surface area (Å²) in [7, 11) is 1.52. The van der Waals surface area contributed by atoms with Crippen LogP contribution < -0.4 is 0 Å². The molecule has 0 aliphatic carbocycles. The third-order valence-electron chi connectivity index (χ3n) is 5.57. The number of nitro groups is 1. The highest BCUT2D eigenvalue weighted by Crippen LogP contribution is 2.30. The second-order valence-corrected chi connectivity index (χ2v) is 7.89. The molecule has 0 N–H and O–H groups in total. The second kappa shape index (κ2) is 12.4. The number of allylic oxidation sites excluding steroid dienone is 1. The average Bonchev–Trinajstić information content (AvgIpc) is 2.71. The van der Waals surface area contributed by atoms with Gasteiger partial charge in [-0.05, 0) is 38.2 Å². The van der Waals surface area contributed by atoms with E-state index >= 15 is 0 Å². The van der Waals surface area contributed by atoms with Gasteiger partial charge < -0.3 is 0 Å². The average molecular weight is 403 g/mol. The zero-order valence-corrected chi connectivity index (χ0v) is 17.8. The van der Waals surface area contributed by atoms with Gasteiger partial charge in [-0.3, -0.25) is 19.7 Å². The number of carbonyl (C=O) groups excluding carboxylic acids is 1. The van der Waals surface area contributed by atoms with Gasteiger partial charge in [0, 0.05) is 18.6 Å². The van der Waals surface area contributed by atoms with E-state index in [-0.39, 0.29) is 17.6 Å². The van der Waals surface area contributed by atoms with Crippen LogP contribution in [0.5, 0.6) is 0 Å². The van der Waals surface area contributed by atoms with Gasteiger partial charge in [0.1, 0.15) is 0 Å². The maximum atomic E-state index is 12.9. The molecule has 0 fully saturated rings. The van der Waals surface area contributed by atoms with Crippen molar-refractivity contribution >= 4 is 11.6 Å². The Morgan fingerprint density at radius 3 is 2.17 bits per heavy atom. The number of hydrogen-bond acceptors (Lipinski definition) is 4. The van der Waals surface area contributed by atoms with Crippen LogP contribution in [0.2, 0.25) is 0 Å². The van der Waals surface area contributed by atoms with E-state index in [0.717, 1.165) is 24.8 Å². The summed E-state index contributed by atoms with van der Waals surface area (Å²) >= 11 is 0. The van der Waals surface area contributed by atoms with Crippen LogP contribution in [0.1, 0.15) is 89.2 Å². The predicted octanol–water partition coefficient (Wildman–Crippen LogP) is 6.28. The second-order valence-electron chi connectivity index (χ2n) is 7.89. The molecular formula is C23H34N2O4. The van der Waals surface area contributed by atoms with Crippen LogP contribution in [0.25, 0.3) is 0 Å². The van der Waals surface area contributed by atoms with Crippen LogP contribution in [0, 0.1) is 10.1 Å². The van der Waals surface area contributed by atoms with Crippen LogP contribution >= 0.6 is 0 Å². The number of benzene rings is 1. The van der Waals surface area contributed by atoms with Crippen LogP contribution in [0.15, 0.2) is 35.9 Å². The minimum atomic E-state index is -0.410. The van der Waals surface area contributed by atoms with Crippen molar-refractivity contribution in [2.45, 2.75) is 83.6 Å². The van der Waals surface area contributed by atoms with Gasteiger partial charge in [0.25, 0.3) is 5.69 Å². The van der Waals surface area contributed by atoms with Crippen molar-refractivity contribution in [3.8, 4) is 0 Å². The Morgan fingerprint density at radius 1 is 1.00 bits per heavy atom. The molecule has 0 bridgehead atoms. The Kier molecular flexibility index (Phi) is 9.84. The number of hydrogen-bond donors (Lipinski definition) is 0. The number of nitrogens with zero attached hydrogens (tertiary/aromatic N) is 2. The fraction of sp³-hybridized carbons (Fsp3) is 0.609. The zero-order valence-electron chi connectivity index (χ0n) is 17.8. The van der Waals surface area contributed by atoms with Gasteiger partial charge in [0.2, 0.25) is 5.91 Å². The molecule has 1 heterocycles. The molecule has 1 aromatic carbocycles. The number of amides is 1. The van der Waals surface area contributed by atoms with Crippen molar-refractivity contribution in [3.05, 3.63) is 51.6 Å². The van der Waals surface area contributed by atoms with Crippen LogP contribution in [0.3, 0.4) is 0 Å². The van der Waals surface area contributed by atoms with Crippen molar-refractivity contribution in [2.75, 3.05) is 7.11 Å². The molecule has 0 saturated carbocycles. The Hall–Kier alpha value is -2.21. The molecule has 1 aliphatic heterocycles. The molecule has 2 rings (SSSR count). The summed E-state index contributed by atoms with van der Waals surface area (Å²) in [4.78, 5) is 29.0. The normalized spacial score (nSPS) is 22.7. The SMILES string of the molecule is CON1C(=O)CCCCCCCCCC/C=C(/C)C[C@H]1c1ccc([N+](=O)[O-])cc1. The fourth-order valence-electron chi connectivity index (χ4n) is 3.89. The molecular weight excluding hydrogens is 368 g/mol. The molecule has 29 heavy (non-hydrogen) atoms. The molecule has 6 nitrogen and oxygen atoms in total. The number of carbonyl (C=O) groups is 1. The largest absolute Gasteiger partial charge is 0.274 e. The van der Waals surface area contributed by atoms with Gasteiger partial charge in [-0.1, -0.05) is 62.3 Å². The summed E-state index contributed by atoms with van der Waals surface area (Å²) in [5, 5.41) is 12.5. The lowest BCUT2D eigenvalue weighted by Gasteiger charge is -2.30. The van der Waals surface area contributed by atoms with Gasteiger partial charge >= 0.3 is 0 Å². The molecule has 0 spiro atoms. The maximum Gasteiger partial charge on any atom is 0.269 e. The van der Waals surface area contributed by atoms with E-state index in [9.17, 15) is 14.9 Å².